The first-order valence-corrected chi connectivity index (χ1v) is 25.2. The zero-order valence-corrected chi connectivity index (χ0v) is 40.2. The summed E-state index contributed by atoms with van der Waals surface area (Å²) in [6.07, 6.45) is 40.0. The van der Waals surface area contributed by atoms with E-state index in [2.05, 4.69) is 86.1 Å². The third-order valence-corrected chi connectivity index (χ3v) is 11.1. The summed E-state index contributed by atoms with van der Waals surface area (Å²) in [5.74, 6) is -1.42. The zero-order valence-electron chi connectivity index (χ0n) is 40.2. The number of allylic oxidation sites excluding steroid dienone is 8. The summed E-state index contributed by atoms with van der Waals surface area (Å²) < 4.78 is 29.2. The molecule has 0 amide bonds. The summed E-state index contributed by atoms with van der Waals surface area (Å²) in [7, 11) is 0. The Morgan fingerprint density at radius 1 is 0.500 bits per heavy atom. The number of hydrogen-bond acceptors (Lipinski definition) is 10. The van der Waals surface area contributed by atoms with Crippen LogP contribution in [0.5, 0.6) is 0 Å². The highest BCUT2D eigenvalue weighted by Crippen LogP contribution is 2.13. The van der Waals surface area contributed by atoms with Crippen molar-refractivity contribution in [3.8, 4) is 0 Å². The molecule has 10 heteroatoms. The van der Waals surface area contributed by atoms with Gasteiger partial charge < -0.3 is 33.5 Å². The molecule has 0 aliphatic carbocycles. The smallest absolute Gasteiger partial charge is 0.307 e. The lowest BCUT2D eigenvalue weighted by molar-refractivity contribution is -0.162. The fraction of sp³-hybridized carbons (Fsp3) is 0.788. The second-order valence-corrected chi connectivity index (χ2v) is 16.7. The van der Waals surface area contributed by atoms with Crippen molar-refractivity contribution in [1.82, 2.24) is 9.80 Å². The minimum absolute atomic E-state index is 0.00893. The Hall–Kier alpha value is -2.79. The number of likely N-dealkylation sites (N-methyl/N-ethyl adjacent to an activating group) is 1. The predicted molar refractivity (Wildman–Crippen MR) is 255 cm³/mol. The minimum Gasteiger partial charge on any atom is -0.465 e. The van der Waals surface area contributed by atoms with Crippen molar-refractivity contribution in [2.75, 3.05) is 72.3 Å². The van der Waals surface area contributed by atoms with E-state index in [1.54, 1.807) is 0 Å². The van der Waals surface area contributed by atoms with Gasteiger partial charge in [-0.05, 0) is 116 Å². The van der Waals surface area contributed by atoms with Gasteiger partial charge in [0.05, 0.1) is 18.8 Å². The molecule has 1 unspecified atom stereocenters. The van der Waals surface area contributed by atoms with E-state index in [0.717, 1.165) is 135 Å². The Morgan fingerprint density at radius 3 is 1.56 bits per heavy atom. The first-order chi connectivity index (χ1) is 30.4. The molecule has 0 radical (unpaired) electrons. The van der Waals surface area contributed by atoms with E-state index in [4.69, 9.17) is 23.7 Å². The van der Waals surface area contributed by atoms with Crippen LogP contribution in [0.15, 0.2) is 48.6 Å². The van der Waals surface area contributed by atoms with Crippen molar-refractivity contribution in [2.24, 2.45) is 5.92 Å². The molecule has 1 atom stereocenters. The van der Waals surface area contributed by atoms with E-state index in [1.807, 2.05) is 0 Å². The number of esters is 3. The summed E-state index contributed by atoms with van der Waals surface area (Å²) in [5, 5.41) is 0. The Bertz CT molecular complexity index is 1160. The van der Waals surface area contributed by atoms with Crippen molar-refractivity contribution in [2.45, 2.75) is 188 Å². The fourth-order valence-corrected chi connectivity index (χ4v) is 7.07. The molecule has 1 fully saturated rings. The van der Waals surface area contributed by atoms with Crippen LogP contribution in [0.3, 0.4) is 0 Å². The van der Waals surface area contributed by atoms with Gasteiger partial charge in [-0.3, -0.25) is 14.4 Å². The summed E-state index contributed by atoms with van der Waals surface area (Å²) in [5.41, 5.74) is 0. The van der Waals surface area contributed by atoms with E-state index in [9.17, 15) is 14.4 Å². The quantitative estimate of drug-likeness (QED) is 0.0194. The largest absolute Gasteiger partial charge is 0.465 e. The normalized spacial score (nSPS) is 14.8. The number of rotatable bonds is 41. The lowest BCUT2D eigenvalue weighted by Crippen LogP contribution is -2.32. The van der Waals surface area contributed by atoms with Crippen LogP contribution in [0.1, 0.15) is 182 Å². The number of carbonyl (C=O) groups excluding carboxylic acids is 3. The predicted octanol–water partition coefficient (Wildman–Crippen LogP) is 11.9. The van der Waals surface area contributed by atoms with Gasteiger partial charge >= 0.3 is 17.9 Å². The van der Waals surface area contributed by atoms with Gasteiger partial charge in [-0.15, -0.1) is 0 Å². The molecule has 0 spiro atoms. The topological polar surface area (TPSA) is 104 Å². The maximum Gasteiger partial charge on any atom is 0.307 e. The van der Waals surface area contributed by atoms with Crippen molar-refractivity contribution in [3.05, 3.63) is 48.6 Å². The molecule has 0 bridgehead atoms. The number of hydrogen-bond donors (Lipinski definition) is 0. The first-order valence-electron chi connectivity index (χ1n) is 25.2. The van der Waals surface area contributed by atoms with Gasteiger partial charge in [0.2, 0.25) is 0 Å². The van der Waals surface area contributed by atoms with Crippen LogP contribution in [0.2, 0.25) is 0 Å². The van der Waals surface area contributed by atoms with Gasteiger partial charge in [0.15, 0.2) is 6.29 Å². The van der Waals surface area contributed by atoms with Crippen LogP contribution >= 0.6 is 0 Å². The van der Waals surface area contributed by atoms with Crippen LogP contribution in [0.4, 0.5) is 0 Å². The molecule has 0 saturated carbocycles. The van der Waals surface area contributed by atoms with Gasteiger partial charge in [0.1, 0.15) is 19.8 Å². The van der Waals surface area contributed by atoms with Crippen molar-refractivity contribution in [1.29, 1.82) is 0 Å². The molecule has 1 aliphatic rings. The molecule has 358 valence electrons. The molecule has 1 aliphatic heterocycles. The molecule has 1 saturated heterocycles. The molecule has 0 aromatic carbocycles. The average molecular weight is 873 g/mol. The summed E-state index contributed by atoms with van der Waals surface area (Å²) in [4.78, 5) is 43.4. The van der Waals surface area contributed by atoms with Crippen molar-refractivity contribution >= 4 is 17.9 Å². The van der Waals surface area contributed by atoms with E-state index >= 15 is 0 Å². The molecular formula is C52H92N2O8. The molecule has 10 nitrogen and oxygen atoms in total. The van der Waals surface area contributed by atoms with Gasteiger partial charge in [0, 0.05) is 45.7 Å². The maximum atomic E-state index is 13.0. The number of carbonyl (C=O) groups is 3. The van der Waals surface area contributed by atoms with Crippen LogP contribution in [-0.4, -0.2) is 106 Å². The van der Waals surface area contributed by atoms with Gasteiger partial charge in [-0.1, -0.05) is 108 Å². The van der Waals surface area contributed by atoms with Crippen LogP contribution in [0.25, 0.3) is 0 Å². The number of ether oxygens (including phenoxy) is 5. The molecule has 0 N–H and O–H groups in total. The standard InChI is InChI=1S/C52H92N2O8/c1-5-9-12-15-18-19-20-21-22-23-24-25-26-27-30-34-49(55)60-45-48(47-62-51(57)37-40-54-39-33-38-53(8-4)41-42-54)46-61-50(56)35-36-52(58-43-31-28-16-13-10-6-2)59-44-32-29-17-14-11-7-3/h10-11,13-14,18-19,21-22,48,52H,5-9,12,15-17,20,23-47H2,1-4H3/b13-10-,14-11-,19-18-,22-21-. The lowest BCUT2D eigenvalue weighted by atomic mass is 10.1. The Balaban J connectivity index is 2.58. The Kier molecular flexibility index (Phi) is 40.1. The van der Waals surface area contributed by atoms with E-state index in [1.165, 1.54) is 25.7 Å². The molecule has 62 heavy (non-hydrogen) atoms. The third kappa shape index (κ3) is 36.7. The molecule has 1 heterocycles. The van der Waals surface area contributed by atoms with Crippen molar-refractivity contribution in [3.63, 3.8) is 0 Å². The summed E-state index contributed by atoms with van der Waals surface area (Å²) in [6, 6.07) is 0. The number of nitrogens with zero attached hydrogens (tertiary/aromatic N) is 2. The molecule has 0 aromatic heterocycles. The second-order valence-electron chi connectivity index (χ2n) is 16.7. The van der Waals surface area contributed by atoms with Crippen LogP contribution in [0, 0.1) is 5.92 Å². The van der Waals surface area contributed by atoms with Crippen LogP contribution < -0.4 is 0 Å². The van der Waals surface area contributed by atoms with Crippen molar-refractivity contribution < 1.29 is 38.1 Å². The second kappa shape index (κ2) is 43.5. The Labute approximate surface area is 379 Å². The zero-order chi connectivity index (χ0) is 45.0. The van der Waals surface area contributed by atoms with Gasteiger partial charge in [-0.2, -0.15) is 0 Å². The number of unbranched alkanes of at least 4 members (excludes halogenated alkanes) is 12. The monoisotopic (exact) mass is 873 g/mol. The van der Waals surface area contributed by atoms with E-state index in [0.29, 0.717) is 32.6 Å². The average Bonchev–Trinajstić information content (AvgIpc) is 3.52. The van der Waals surface area contributed by atoms with Gasteiger partial charge in [-0.25, -0.2) is 0 Å². The fourth-order valence-electron chi connectivity index (χ4n) is 7.07. The SMILES string of the molecule is CC/C=C\CCCCOC(CCC(=O)OCC(COC(=O)CCCCCCC/C=C\C/C=C\CCCCC)COC(=O)CCN1CCCN(CC)CC1)OCCCC/C=C\CC. The maximum absolute atomic E-state index is 13.0. The first kappa shape index (κ1) is 57.2. The lowest BCUT2D eigenvalue weighted by Gasteiger charge is -2.21. The van der Waals surface area contributed by atoms with E-state index < -0.39 is 12.2 Å². The summed E-state index contributed by atoms with van der Waals surface area (Å²) >= 11 is 0. The third-order valence-electron chi connectivity index (χ3n) is 11.1. The highest BCUT2D eigenvalue weighted by Gasteiger charge is 2.20. The Morgan fingerprint density at radius 2 is 0.984 bits per heavy atom. The van der Waals surface area contributed by atoms with E-state index in [-0.39, 0.29) is 50.6 Å². The van der Waals surface area contributed by atoms with Crippen LogP contribution in [-0.2, 0) is 38.1 Å². The minimum atomic E-state index is -0.485. The highest BCUT2D eigenvalue weighted by molar-refractivity contribution is 5.70. The molecule has 0 aromatic rings. The molecule has 1 rings (SSSR count). The highest BCUT2D eigenvalue weighted by atomic mass is 16.7. The summed E-state index contributed by atoms with van der Waals surface area (Å²) in [6.45, 7) is 15.5. The van der Waals surface area contributed by atoms with Gasteiger partial charge in [0.25, 0.3) is 0 Å². The molecular weight excluding hydrogens is 781 g/mol.